The Bertz CT molecular complexity index is 597. The quantitative estimate of drug-likeness (QED) is 0.288. The van der Waals surface area contributed by atoms with Gasteiger partial charge in [0.1, 0.15) is 5.82 Å². The molecule has 146 valence electrons. The van der Waals surface area contributed by atoms with Crippen molar-refractivity contribution in [2.45, 2.75) is 33.1 Å². The van der Waals surface area contributed by atoms with Gasteiger partial charge in [0.05, 0.1) is 13.0 Å². The summed E-state index contributed by atoms with van der Waals surface area (Å²) >= 11 is 0. The third-order valence-electron chi connectivity index (χ3n) is 4.24. The topological polar surface area (TPSA) is 56.7 Å². The van der Waals surface area contributed by atoms with Gasteiger partial charge in [-0.1, -0.05) is 19.1 Å². The number of rotatable bonds is 6. The van der Waals surface area contributed by atoms with Gasteiger partial charge in [-0.05, 0) is 43.4 Å². The molecule has 1 atom stereocenters. The molecule has 0 saturated carbocycles. The second-order valence-corrected chi connectivity index (χ2v) is 6.59. The Morgan fingerprint density at radius 3 is 2.88 bits per heavy atom. The molecule has 1 aliphatic heterocycles. The lowest BCUT2D eigenvalue weighted by atomic mass is 10.0. The van der Waals surface area contributed by atoms with Crippen LogP contribution in [0.5, 0.6) is 0 Å². The van der Waals surface area contributed by atoms with Crippen LogP contribution in [0.3, 0.4) is 0 Å². The van der Waals surface area contributed by atoms with Gasteiger partial charge in [-0.2, -0.15) is 0 Å². The number of aliphatic imine (C=N–C) groups is 1. The molecule has 1 amide bonds. The van der Waals surface area contributed by atoms with Gasteiger partial charge in [0.2, 0.25) is 5.91 Å². The maximum Gasteiger partial charge on any atom is 0.224 e. The summed E-state index contributed by atoms with van der Waals surface area (Å²) in [6.45, 7) is 8.22. The van der Waals surface area contributed by atoms with Gasteiger partial charge < -0.3 is 15.5 Å². The van der Waals surface area contributed by atoms with E-state index < -0.39 is 0 Å². The molecule has 0 radical (unpaired) electrons. The third kappa shape index (κ3) is 7.88. The fourth-order valence-corrected chi connectivity index (χ4v) is 3.06. The molecular weight excluding hydrogens is 446 g/mol. The lowest BCUT2D eigenvalue weighted by Crippen LogP contribution is -2.46. The number of likely N-dealkylation sites (tertiary alicyclic amines) is 1. The van der Waals surface area contributed by atoms with Crippen molar-refractivity contribution in [2.75, 3.05) is 32.7 Å². The second kappa shape index (κ2) is 12.1. The summed E-state index contributed by atoms with van der Waals surface area (Å²) in [5.41, 5.74) is 0.677. The third-order valence-corrected chi connectivity index (χ3v) is 4.24. The minimum Gasteiger partial charge on any atom is -0.357 e. The van der Waals surface area contributed by atoms with E-state index in [4.69, 9.17) is 0 Å². The number of carbonyl (C=O) groups is 1. The van der Waals surface area contributed by atoms with Crippen molar-refractivity contribution in [1.29, 1.82) is 0 Å². The van der Waals surface area contributed by atoms with Crippen LogP contribution in [0.1, 0.15) is 32.3 Å². The Morgan fingerprint density at radius 1 is 1.38 bits per heavy atom. The first kappa shape index (κ1) is 22.7. The van der Waals surface area contributed by atoms with Crippen LogP contribution in [0, 0.1) is 11.7 Å². The molecule has 0 aromatic heterocycles. The van der Waals surface area contributed by atoms with Crippen LogP contribution in [-0.2, 0) is 11.2 Å². The van der Waals surface area contributed by atoms with Gasteiger partial charge in [-0.15, -0.1) is 24.0 Å². The summed E-state index contributed by atoms with van der Waals surface area (Å²) in [5.74, 6) is 1.18. The highest BCUT2D eigenvalue weighted by atomic mass is 127. The zero-order valence-electron chi connectivity index (χ0n) is 15.6. The van der Waals surface area contributed by atoms with E-state index in [1.54, 1.807) is 12.1 Å². The fraction of sp³-hybridized carbons (Fsp3) is 0.579. The number of nitrogens with one attached hydrogen (secondary N) is 2. The van der Waals surface area contributed by atoms with Crippen LogP contribution >= 0.6 is 24.0 Å². The fourth-order valence-electron chi connectivity index (χ4n) is 3.06. The van der Waals surface area contributed by atoms with E-state index in [-0.39, 0.29) is 42.1 Å². The van der Waals surface area contributed by atoms with Gasteiger partial charge in [0, 0.05) is 26.2 Å². The number of guanidine groups is 1. The second-order valence-electron chi connectivity index (χ2n) is 6.59. The molecule has 2 N–H and O–H groups in total. The first-order valence-corrected chi connectivity index (χ1v) is 9.13. The van der Waals surface area contributed by atoms with E-state index in [0.29, 0.717) is 24.6 Å². The largest absolute Gasteiger partial charge is 0.357 e. The Hall–Kier alpha value is -1.38. The van der Waals surface area contributed by atoms with Crippen LogP contribution < -0.4 is 10.6 Å². The monoisotopic (exact) mass is 476 g/mol. The number of carbonyl (C=O) groups excluding carboxylic acids is 1. The van der Waals surface area contributed by atoms with Crippen molar-refractivity contribution in [3.63, 3.8) is 0 Å². The minimum absolute atomic E-state index is 0. The molecule has 1 aromatic rings. The zero-order chi connectivity index (χ0) is 18.1. The van der Waals surface area contributed by atoms with Crippen LogP contribution in [0.4, 0.5) is 4.39 Å². The number of hydrogen-bond acceptors (Lipinski definition) is 2. The maximum atomic E-state index is 13.1. The summed E-state index contributed by atoms with van der Waals surface area (Å²) in [7, 11) is 0. The first-order valence-electron chi connectivity index (χ1n) is 9.13. The molecule has 1 aromatic carbocycles. The Labute approximate surface area is 172 Å². The van der Waals surface area contributed by atoms with Crippen LogP contribution in [0.15, 0.2) is 29.3 Å². The predicted octanol–water partition coefficient (Wildman–Crippen LogP) is 2.80. The van der Waals surface area contributed by atoms with Gasteiger partial charge in [-0.3, -0.25) is 9.79 Å². The molecule has 1 fully saturated rings. The van der Waals surface area contributed by atoms with Crippen molar-refractivity contribution in [3.05, 3.63) is 35.6 Å². The molecule has 0 aliphatic carbocycles. The Balaban J connectivity index is 0.00000338. The number of amides is 1. The molecular formula is C19H30FIN4O. The van der Waals surface area contributed by atoms with Crippen molar-refractivity contribution in [1.82, 2.24) is 15.5 Å². The minimum atomic E-state index is -0.319. The van der Waals surface area contributed by atoms with E-state index in [1.807, 2.05) is 0 Å². The number of hydrogen-bond donors (Lipinski definition) is 2. The number of benzene rings is 1. The van der Waals surface area contributed by atoms with Crippen LogP contribution in [0.2, 0.25) is 0 Å². The van der Waals surface area contributed by atoms with Crippen molar-refractivity contribution >= 4 is 35.8 Å². The highest BCUT2D eigenvalue weighted by Gasteiger charge is 2.18. The summed E-state index contributed by atoms with van der Waals surface area (Å²) in [6, 6.07) is 6.13. The summed E-state index contributed by atoms with van der Waals surface area (Å²) in [4.78, 5) is 18.9. The maximum absolute atomic E-state index is 13.1. The van der Waals surface area contributed by atoms with Gasteiger partial charge >= 0.3 is 0 Å². The molecule has 1 unspecified atom stereocenters. The van der Waals surface area contributed by atoms with E-state index >= 15 is 0 Å². The smallest absolute Gasteiger partial charge is 0.224 e. The SMILES string of the molecule is CCNC(=NCCNC(=O)Cc1cccc(F)c1)N1CCCC(C)C1.I. The van der Waals surface area contributed by atoms with Crippen LogP contribution in [-0.4, -0.2) is 49.5 Å². The molecule has 26 heavy (non-hydrogen) atoms. The van der Waals surface area contributed by atoms with Gasteiger partial charge in [0.25, 0.3) is 0 Å². The standard InChI is InChI=1S/C19H29FN4O.HI/c1-3-21-19(24-11-5-6-15(2)14-24)23-10-9-22-18(25)13-16-7-4-8-17(20)12-16;/h4,7-8,12,15H,3,5-6,9-11,13-14H2,1-2H3,(H,21,23)(H,22,25);1H. The lowest BCUT2D eigenvalue weighted by Gasteiger charge is -2.33. The van der Waals surface area contributed by atoms with E-state index in [1.165, 1.54) is 25.0 Å². The van der Waals surface area contributed by atoms with Crippen LogP contribution in [0.25, 0.3) is 0 Å². The van der Waals surface area contributed by atoms with Gasteiger partial charge in [0.15, 0.2) is 5.96 Å². The molecule has 0 bridgehead atoms. The molecule has 5 nitrogen and oxygen atoms in total. The van der Waals surface area contributed by atoms with Crippen molar-refractivity contribution in [3.8, 4) is 0 Å². The molecule has 1 heterocycles. The predicted molar refractivity (Wildman–Crippen MR) is 114 cm³/mol. The van der Waals surface area contributed by atoms with E-state index in [9.17, 15) is 9.18 Å². The Morgan fingerprint density at radius 2 is 2.19 bits per heavy atom. The average molecular weight is 476 g/mol. The van der Waals surface area contributed by atoms with E-state index in [0.717, 1.165) is 25.6 Å². The zero-order valence-corrected chi connectivity index (χ0v) is 18.0. The number of piperidine rings is 1. The summed E-state index contributed by atoms with van der Waals surface area (Å²) in [5, 5.41) is 6.17. The Kier molecular flexibility index (Phi) is 10.5. The normalized spacial score (nSPS) is 17.4. The van der Waals surface area contributed by atoms with E-state index in [2.05, 4.69) is 34.4 Å². The summed E-state index contributed by atoms with van der Waals surface area (Å²) < 4.78 is 13.1. The number of halogens is 2. The first-order chi connectivity index (χ1) is 12.1. The highest BCUT2D eigenvalue weighted by Crippen LogP contribution is 2.15. The molecule has 0 spiro atoms. The average Bonchev–Trinajstić information content (AvgIpc) is 2.57. The molecule has 7 heteroatoms. The lowest BCUT2D eigenvalue weighted by molar-refractivity contribution is -0.120. The number of nitrogens with zero attached hydrogens (tertiary/aromatic N) is 2. The molecule has 1 aliphatic rings. The van der Waals surface area contributed by atoms with Crippen molar-refractivity contribution in [2.24, 2.45) is 10.9 Å². The van der Waals surface area contributed by atoms with Crippen molar-refractivity contribution < 1.29 is 9.18 Å². The molecule has 2 rings (SSSR count). The highest BCUT2D eigenvalue weighted by molar-refractivity contribution is 14.0. The molecule has 1 saturated heterocycles. The summed E-state index contributed by atoms with van der Waals surface area (Å²) in [6.07, 6.45) is 2.65. The van der Waals surface area contributed by atoms with Gasteiger partial charge in [-0.25, -0.2) is 4.39 Å².